The quantitative estimate of drug-likeness (QED) is 0.383. The van der Waals surface area contributed by atoms with Gasteiger partial charge in [-0.25, -0.2) is 4.79 Å². The lowest BCUT2D eigenvalue weighted by Crippen LogP contribution is -2.50. The van der Waals surface area contributed by atoms with Crippen LogP contribution in [0, 0.1) is 0 Å². The number of carbonyl (C=O) groups excluding carboxylic acids is 3. The first-order valence-electron chi connectivity index (χ1n) is 10.7. The van der Waals surface area contributed by atoms with Gasteiger partial charge in [0.2, 0.25) is 11.8 Å². The molecule has 1 fully saturated rings. The number of fused-ring (bicyclic) bond motifs is 1. The van der Waals surface area contributed by atoms with Crippen molar-refractivity contribution >= 4 is 17.8 Å². The molecule has 3 aromatic rings. The lowest BCUT2D eigenvalue weighted by atomic mass is 10.0. The van der Waals surface area contributed by atoms with E-state index in [1.165, 1.54) is 0 Å². The molecule has 7 nitrogen and oxygen atoms in total. The highest BCUT2D eigenvalue weighted by Gasteiger charge is 2.35. The summed E-state index contributed by atoms with van der Waals surface area (Å²) in [6, 6.07) is 16.6. The maximum atomic E-state index is 12.8. The number of nitrogens with one attached hydrogen (secondary N) is 1. The van der Waals surface area contributed by atoms with Crippen molar-refractivity contribution in [3.63, 3.8) is 0 Å². The molecule has 0 spiro atoms. The van der Waals surface area contributed by atoms with E-state index in [-0.39, 0.29) is 17.9 Å². The third kappa shape index (κ3) is 4.07. The van der Waals surface area contributed by atoms with Gasteiger partial charge < -0.3 is 9.30 Å². The highest BCUT2D eigenvalue weighted by Crippen LogP contribution is 2.33. The summed E-state index contributed by atoms with van der Waals surface area (Å²) >= 11 is 0. The molecule has 0 bridgehead atoms. The van der Waals surface area contributed by atoms with Crippen molar-refractivity contribution in [2.45, 2.75) is 38.5 Å². The number of ether oxygens (including phenoxy) is 1. The SMILES string of the molecule is O=C1CCC(N2Cc3cccc(OC(=O)c4ccc(Cn5cccc5)cc4)c3C2)C(=O)N1. The largest absolute Gasteiger partial charge is 0.423 e. The zero-order valence-electron chi connectivity index (χ0n) is 17.5. The summed E-state index contributed by atoms with van der Waals surface area (Å²) in [4.78, 5) is 38.5. The van der Waals surface area contributed by atoms with Crippen LogP contribution < -0.4 is 10.1 Å². The van der Waals surface area contributed by atoms with Crippen LogP contribution in [0.25, 0.3) is 0 Å². The van der Waals surface area contributed by atoms with Crippen LogP contribution in [0.3, 0.4) is 0 Å². The van der Waals surface area contributed by atoms with Crippen LogP contribution >= 0.6 is 0 Å². The number of carbonyl (C=O) groups is 3. The highest BCUT2D eigenvalue weighted by molar-refractivity contribution is 6.00. The lowest BCUT2D eigenvalue weighted by Gasteiger charge is -2.29. The number of esters is 1. The third-order valence-electron chi connectivity index (χ3n) is 6.04. The summed E-state index contributed by atoms with van der Waals surface area (Å²) in [7, 11) is 0. The van der Waals surface area contributed by atoms with Crippen LogP contribution in [0.5, 0.6) is 5.75 Å². The first kappa shape index (κ1) is 20.2. The van der Waals surface area contributed by atoms with Crippen LogP contribution in [0.2, 0.25) is 0 Å². The van der Waals surface area contributed by atoms with Gasteiger partial charge in [-0.2, -0.15) is 0 Å². The zero-order valence-corrected chi connectivity index (χ0v) is 17.5. The second-order valence-electron chi connectivity index (χ2n) is 8.21. The molecule has 2 aliphatic rings. The number of imide groups is 1. The minimum Gasteiger partial charge on any atom is -0.423 e. The van der Waals surface area contributed by atoms with E-state index in [1.807, 2.05) is 53.7 Å². The molecule has 162 valence electrons. The second kappa shape index (κ2) is 8.43. The van der Waals surface area contributed by atoms with Crippen molar-refractivity contribution in [1.29, 1.82) is 0 Å². The fourth-order valence-electron chi connectivity index (χ4n) is 4.35. The molecule has 2 aliphatic heterocycles. The van der Waals surface area contributed by atoms with E-state index in [2.05, 4.69) is 9.88 Å². The van der Waals surface area contributed by atoms with E-state index in [0.717, 1.165) is 23.2 Å². The number of amides is 2. The van der Waals surface area contributed by atoms with E-state index in [0.29, 0.717) is 37.2 Å². The molecule has 1 aromatic heterocycles. The smallest absolute Gasteiger partial charge is 0.343 e. The Labute approximate surface area is 185 Å². The van der Waals surface area contributed by atoms with E-state index in [9.17, 15) is 14.4 Å². The topological polar surface area (TPSA) is 80.6 Å². The Bertz CT molecular complexity index is 1170. The van der Waals surface area contributed by atoms with E-state index < -0.39 is 5.97 Å². The maximum Gasteiger partial charge on any atom is 0.343 e. The van der Waals surface area contributed by atoms with Gasteiger partial charge >= 0.3 is 5.97 Å². The standard InChI is InChI=1S/C25H23N3O4/c29-23-11-10-21(24(30)26-23)28-15-19-4-3-5-22(20(19)16-28)32-25(31)18-8-6-17(7-9-18)14-27-12-1-2-13-27/h1-9,12-13,21H,10-11,14-16H2,(H,26,29,30). The van der Waals surface area contributed by atoms with Crippen molar-refractivity contribution in [2.24, 2.45) is 0 Å². The van der Waals surface area contributed by atoms with Crippen LogP contribution in [0.4, 0.5) is 0 Å². The summed E-state index contributed by atoms with van der Waals surface area (Å²) in [5.41, 5.74) is 3.52. The van der Waals surface area contributed by atoms with E-state index >= 15 is 0 Å². The van der Waals surface area contributed by atoms with Gasteiger partial charge in [0.05, 0.1) is 11.6 Å². The molecule has 1 unspecified atom stereocenters. The first-order valence-corrected chi connectivity index (χ1v) is 10.7. The molecular formula is C25H23N3O4. The van der Waals surface area contributed by atoms with Gasteiger partial charge in [0.25, 0.3) is 0 Å². The molecule has 5 rings (SSSR count). The van der Waals surface area contributed by atoms with Crippen molar-refractivity contribution in [2.75, 3.05) is 0 Å². The van der Waals surface area contributed by atoms with Crippen LogP contribution in [-0.4, -0.2) is 33.3 Å². The number of rotatable bonds is 5. The highest BCUT2D eigenvalue weighted by atomic mass is 16.5. The van der Waals surface area contributed by atoms with Gasteiger partial charge in [-0.15, -0.1) is 0 Å². The summed E-state index contributed by atoms with van der Waals surface area (Å²) < 4.78 is 7.81. The summed E-state index contributed by atoms with van der Waals surface area (Å²) in [5, 5.41) is 2.41. The Morgan fingerprint density at radius 3 is 2.53 bits per heavy atom. The maximum absolute atomic E-state index is 12.8. The van der Waals surface area contributed by atoms with Gasteiger partial charge in [0, 0.05) is 44.0 Å². The van der Waals surface area contributed by atoms with E-state index in [4.69, 9.17) is 4.74 Å². The van der Waals surface area contributed by atoms with Gasteiger partial charge in [-0.3, -0.25) is 19.8 Å². The Hall–Kier alpha value is -3.71. The number of nitrogens with zero attached hydrogens (tertiary/aromatic N) is 2. The lowest BCUT2D eigenvalue weighted by molar-refractivity contribution is -0.137. The van der Waals surface area contributed by atoms with E-state index in [1.54, 1.807) is 18.2 Å². The molecule has 0 aliphatic carbocycles. The minimum atomic E-state index is -0.412. The van der Waals surface area contributed by atoms with Crippen LogP contribution in [0.1, 0.15) is 39.9 Å². The van der Waals surface area contributed by atoms with Crippen LogP contribution in [-0.2, 0) is 29.2 Å². The van der Waals surface area contributed by atoms with Gasteiger partial charge in [-0.1, -0.05) is 24.3 Å². The number of benzene rings is 2. The fraction of sp³-hybridized carbons (Fsp3) is 0.240. The fourth-order valence-corrected chi connectivity index (χ4v) is 4.35. The number of hydrogen-bond acceptors (Lipinski definition) is 5. The molecule has 7 heteroatoms. The first-order chi connectivity index (χ1) is 15.6. The molecular weight excluding hydrogens is 406 g/mol. The summed E-state index contributed by atoms with van der Waals surface area (Å²) in [5.74, 6) is -0.381. The monoisotopic (exact) mass is 429 g/mol. The van der Waals surface area contributed by atoms with Crippen LogP contribution in [0.15, 0.2) is 67.0 Å². The molecule has 0 saturated carbocycles. The number of piperidine rings is 1. The Kier molecular flexibility index (Phi) is 5.33. The zero-order chi connectivity index (χ0) is 22.1. The van der Waals surface area contributed by atoms with Crippen molar-refractivity contribution in [3.8, 4) is 5.75 Å². The predicted molar refractivity (Wildman–Crippen MR) is 117 cm³/mol. The van der Waals surface area contributed by atoms with Gasteiger partial charge in [0.1, 0.15) is 5.75 Å². The molecule has 32 heavy (non-hydrogen) atoms. The van der Waals surface area contributed by atoms with Gasteiger partial charge in [-0.05, 0) is 47.9 Å². The average Bonchev–Trinajstić information content (AvgIpc) is 3.44. The predicted octanol–water partition coefficient (Wildman–Crippen LogP) is 2.88. The normalized spacial score (nSPS) is 18.3. The average molecular weight is 429 g/mol. The summed E-state index contributed by atoms with van der Waals surface area (Å²) in [6.07, 6.45) is 4.83. The Balaban J connectivity index is 1.27. The third-order valence-corrected chi connectivity index (χ3v) is 6.04. The minimum absolute atomic E-state index is 0.225. The Morgan fingerprint density at radius 1 is 1.00 bits per heavy atom. The molecule has 0 radical (unpaired) electrons. The number of hydrogen-bond donors (Lipinski definition) is 1. The molecule has 1 saturated heterocycles. The second-order valence-corrected chi connectivity index (χ2v) is 8.21. The molecule has 1 atom stereocenters. The summed E-state index contributed by atoms with van der Waals surface area (Å²) in [6.45, 7) is 1.83. The molecule has 2 aromatic carbocycles. The Morgan fingerprint density at radius 2 is 1.78 bits per heavy atom. The van der Waals surface area contributed by atoms with Crippen molar-refractivity contribution in [3.05, 3.63) is 89.2 Å². The van der Waals surface area contributed by atoms with Crippen molar-refractivity contribution < 1.29 is 19.1 Å². The number of aromatic nitrogens is 1. The molecule has 3 heterocycles. The molecule has 1 N–H and O–H groups in total. The van der Waals surface area contributed by atoms with Crippen molar-refractivity contribution in [1.82, 2.24) is 14.8 Å². The van der Waals surface area contributed by atoms with Gasteiger partial charge in [0.15, 0.2) is 0 Å². The molecule has 2 amide bonds.